The Bertz CT molecular complexity index is 2200. The summed E-state index contributed by atoms with van der Waals surface area (Å²) in [5.41, 5.74) is 4.36. The Morgan fingerprint density at radius 1 is 0.458 bits per heavy atom. The first-order valence-electron chi connectivity index (χ1n) is 29.2. The van der Waals surface area contributed by atoms with Crippen LogP contribution in [-0.2, 0) is 49.6 Å². The predicted octanol–water partition coefficient (Wildman–Crippen LogP) is 14.4. The Morgan fingerprint density at radius 3 is 1.23 bits per heavy atom. The lowest BCUT2D eigenvalue weighted by Crippen LogP contribution is -2.32. The van der Waals surface area contributed by atoms with Crippen LogP contribution in [0, 0.1) is 20.8 Å². The molecule has 0 amide bonds. The van der Waals surface area contributed by atoms with Crippen LogP contribution >= 0.6 is 23.5 Å². The average molecular weight is 1220 g/mol. The number of carboxylic acid groups (broad SMARTS) is 4. The van der Waals surface area contributed by atoms with Crippen molar-refractivity contribution < 1.29 is 71.7 Å². The molecule has 83 heavy (non-hydrogen) atoms. The maximum Gasteiger partial charge on any atom is 0.344 e. The number of sulfone groups is 1. The second kappa shape index (κ2) is 48.2. The largest absolute Gasteiger partial charge is 0.480 e. The van der Waals surface area contributed by atoms with E-state index in [-0.39, 0.29) is 17.4 Å². The normalized spacial score (nSPS) is 12.4. The summed E-state index contributed by atoms with van der Waals surface area (Å²) in [7, 11) is 1.39. The van der Waals surface area contributed by atoms with Gasteiger partial charge in [0.1, 0.15) is 16.7 Å². The van der Waals surface area contributed by atoms with Gasteiger partial charge < -0.3 is 44.1 Å². The molecule has 0 radical (unpaired) electrons. The quantitative estimate of drug-likeness (QED) is 0.0239. The number of methoxy groups -OCH3 is 3. The third-order valence-corrected chi connectivity index (χ3v) is 17.3. The van der Waals surface area contributed by atoms with E-state index in [4.69, 9.17) is 23.7 Å². The number of aryl methyl sites for hydroxylation is 4. The van der Waals surface area contributed by atoms with E-state index in [0.29, 0.717) is 43.8 Å². The molecule has 0 saturated carbocycles. The molecule has 0 bridgehead atoms. The van der Waals surface area contributed by atoms with Crippen LogP contribution in [0.1, 0.15) is 151 Å². The van der Waals surface area contributed by atoms with Gasteiger partial charge in [-0.15, -0.1) is 11.8 Å². The molecular weight excluding hydrogens is 1120 g/mol. The maximum absolute atomic E-state index is 12.3. The van der Waals surface area contributed by atoms with Crippen LogP contribution in [0.15, 0.2) is 108 Å². The van der Waals surface area contributed by atoms with Gasteiger partial charge in [0.25, 0.3) is 0 Å². The molecule has 0 aliphatic carbocycles. The van der Waals surface area contributed by atoms with E-state index in [1.165, 1.54) is 29.5 Å². The highest BCUT2D eigenvalue weighted by Gasteiger charge is 2.31. The lowest BCUT2D eigenvalue weighted by molar-refractivity contribution is -0.146. The highest BCUT2D eigenvalue weighted by atomic mass is 32.2. The van der Waals surface area contributed by atoms with E-state index < -0.39 is 51.2 Å². The van der Waals surface area contributed by atoms with Gasteiger partial charge in [-0.25, -0.2) is 18.0 Å². The number of thioether (sulfide) groups is 2. The van der Waals surface area contributed by atoms with Crippen molar-refractivity contribution >= 4 is 57.2 Å². The van der Waals surface area contributed by atoms with E-state index in [2.05, 4.69) is 6.26 Å². The second-order valence-electron chi connectivity index (χ2n) is 20.5. The second-order valence-corrected chi connectivity index (χ2v) is 25.1. The maximum atomic E-state index is 12.3. The van der Waals surface area contributed by atoms with Gasteiger partial charge in [0.2, 0.25) is 0 Å². The molecule has 0 fully saturated rings. The molecule has 466 valence electrons. The number of carboxylic acids is 4. The topological polar surface area (TPSA) is 229 Å². The number of ether oxygens (including phenoxy) is 5. The van der Waals surface area contributed by atoms with Gasteiger partial charge in [-0.05, 0) is 145 Å². The third-order valence-electron chi connectivity index (χ3n) is 13.2. The first-order valence-corrected chi connectivity index (χ1v) is 33.2. The van der Waals surface area contributed by atoms with E-state index in [9.17, 15) is 48.0 Å². The first-order chi connectivity index (χ1) is 39.9. The minimum atomic E-state index is -3.64. The number of hydrogen-bond acceptors (Lipinski definition) is 13. The summed E-state index contributed by atoms with van der Waals surface area (Å²) in [6.07, 6.45) is 18.7. The first kappa shape index (κ1) is 75.9. The zero-order valence-electron chi connectivity index (χ0n) is 50.5. The van der Waals surface area contributed by atoms with Crippen LogP contribution in [-0.4, -0.2) is 134 Å². The molecule has 4 aromatic rings. The fraction of sp³-hybridized carbons (Fsp3) is 0.569. The molecule has 15 nitrogen and oxygen atoms in total. The van der Waals surface area contributed by atoms with Crippen molar-refractivity contribution in [2.45, 2.75) is 183 Å². The summed E-state index contributed by atoms with van der Waals surface area (Å²) in [5, 5.41) is 35.3. The molecule has 0 spiro atoms. The van der Waals surface area contributed by atoms with Gasteiger partial charge in [-0.2, -0.15) is 11.8 Å². The van der Waals surface area contributed by atoms with Gasteiger partial charge in [0, 0.05) is 46.0 Å². The van der Waals surface area contributed by atoms with Gasteiger partial charge in [-0.3, -0.25) is 9.59 Å². The molecule has 0 aliphatic heterocycles. The Labute approximate surface area is 505 Å². The van der Waals surface area contributed by atoms with Crippen LogP contribution in [0.3, 0.4) is 0 Å². The van der Waals surface area contributed by atoms with Crippen molar-refractivity contribution in [2.24, 2.45) is 0 Å². The van der Waals surface area contributed by atoms with Crippen LogP contribution in [0.5, 0.6) is 11.5 Å². The van der Waals surface area contributed by atoms with Crippen LogP contribution in [0.2, 0.25) is 0 Å². The molecule has 0 aliphatic rings. The van der Waals surface area contributed by atoms with E-state index in [0.717, 1.165) is 131 Å². The summed E-state index contributed by atoms with van der Waals surface area (Å²) >= 11 is 3.30. The van der Waals surface area contributed by atoms with Gasteiger partial charge in [0.05, 0.1) is 5.75 Å². The molecule has 0 aromatic heterocycles. The lowest BCUT2D eigenvalue weighted by atomic mass is 10.1. The number of aliphatic carboxylic acids is 4. The Hall–Kier alpha value is -5.11. The number of hydrogen-bond donors (Lipinski definition) is 4. The fourth-order valence-corrected chi connectivity index (χ4v) is 11.4. The van der Waals surface area contributed by atoms with E-state index in [1.54, 1.807) is 21.3 Å². The highest BCUT2D eigenvalue weighted by molar-refractivity contribution is 8.00. The van der Waals surface area contributed by atoms with Crippen molar-refractivity contribution in [2.75, 3.05) is 58.9 Å². The standard InChI is InChI=1S/C17H26O5S.C16H24O4.2C16H24O3S/c1-22-13-8-3-2-7-11-16(17(18)19)23(20,21)14-12-15-9-5-4-6-10-15;1-13-8-10-14(11-9-13)20-15(16(17)18)7-5-3-4-6-12-19-2;1-13-8-10-14(11-9-13)19-15(16(17)18)7-5-3-4-6-12-20-2;1-13-8-10-14(11-9-13)20-15(16(17)18)7-5-3-4-6-12-19-2/h4-6,9-10,16H,2-3,7-8,11-14H2,1H3,(H,18,19);3*8-11,15H,3-7,12H2,1-2H3,(H,17,18). The zero-order chi connectivity index (χ0) is 61.5. The summed E-state index contributed by atoms with van der Waals surface area (Å²) in [5.74, 6) is -1.44. The highest BCUT2D eigenvalue weighted by Crippen LogP contribution is 2.28. The predicted molar refractivity (Wildman–Crippen MR) is 337 cm³/mol. The number of unbranched alkanes of at least 4 members (excludes halogenated alkanes) is 12. The average Bonchev–Trinajstić information content (AvgIpc) is 3.48. The molecule has 4 N–H and O–H groups in total. The van der Waals surface area contributed by atoms with Gasteiger partial charge in [-0.1, -0.05) is 148 Å². The zero-order valence-corrected chi connectivity index (χ0v) is 53.0. The van der Waals surface area contributed by atoms with Crippen LogP contribution in [0.4, 0.5) is 0 Å². The minimum Gasteiger partial charge on any atom is -0.480 e. The molecular formula is C65H98O15S3. The van der Waals surface area contributed by atoms with Crippen LogP contribution < -0.4 is 9.47 Å². The fourth-order valence-electron chi connectivity index (χ4n) is 8.26. The Morgan fingerprint density at radius 2 is 0.843 bits per heavy atom. The van der Waals surface area contributed by atoms with E-state index in [1.807, 2.05) is 136 Å². The third kappa shape index (κ3) is 39.2. The SMILES string of the molecule is COCCCCCCC(C(=O)O)S(=O)(=O)CCc1ccccc1.COCCCCCCC(Oc1ccc(C)cc1)C(=O)O.COCCCCCCC(Sc1ccc(C)cc1)C(=O)O.CSCCCCCCC(Oc1ccc(C)cc1)C(=O)O. The molecule has 4 atom stereocenters. The van der Waals surface area contributed by atoms with Crippen molar-refractivity contribution in [3.8, 4) is 11.5 Å². The van der Waals surface area contributed by atoms with Crippen molar-refractivity contribution in [3.63, 3.8) is 0 Å². The van der Waals surface area contributed by atoms with Crippen molar-refractivity contribution in [3.05, 3.63) is 125 Å². The van der Waals surface area contributed by atoms with Crippen LogP contribution in [0.25, 0.3) is 0 Å². The molecule has 0 saturated heterocycles. The summed E-state index contributed by atoms with van der Waals surface area (Å²) in [4.78, 5) is 46.1. The molecule has 18 heteroatoms. The molecule has 4 rings (SSSR count). The number of carbonyl (C=O) groups is 4. The lowest BCUT2D eigenvalue weighted by Gasteiger charge is -2.15. The minimum absolute atomic E-state index is 0.127. The summed E-state index contributed by atoms with van der Waals surface area (Å²) in [6, 6.07) is 32.2. The Balaban J connectivity index is 0.000000554. The number of rotatable bonds is 42. The number of benzene rings is 4. The smallest absolute Gasteiger partial charge is 0.344 e. The Kier molecular flexibility index (Phi) is 44.0. The van der Waals surface area contributed by atoms with Gasteiger partial charge in [0.15, 0.2) is 27.3 Å². The summed E-state index contributed by atoms with van der Waals surface area (Å²) < 4.78 is 50.6. The summed E-state index contributed by atoms with van der Waals surface area (Å²) in [6.45, 7) is 8.25. The monoisotopic (exact) mass is 1210 g/mol. The van der Waals surface area contributed by atoms with Crippen molar-refractivity contribution in [1.82, 2.24) is 0 Å². The molecule has 0 heterocycles. The van der Waals surface area contributed by atoms with E-state index >= 15 is 0 Å². The van der Waals surface area contributed by atoms with Crippen molar-refractivity contribution in [1.29, 1.82) is 0 Å². The van der Waals surface area contributed by atoms with Gasteiger partial charge >= 0.3 is 23.9 Å². The molecule has 4 aromatic carbocycles. The molecule has 4 unspecified atom stereocenters.